The molecule has 23 heavy (non-hydrogen) atoms. The molecule has 0 amide bonds. The number of anilines is 1. The van der Waals surface area contributed by atoms with Gasteiger partial charge in [0, 0.05) is 33.1 Å². The number of nitrogens with zero attached hydrogens (tertiary/aromatic N) is 4. The average Bonchev–Trinajstić information content (AvgIpc) is 3.19. The summed E-state index contributed by atoms with van der Waals surface area (Å²) in [5.41, 5.74) is 1.28. The van der Waals surface area contributed by atoms with Gasteiger partial charge in [-0.15, -0.1) is 5.10 Å². The Balaban J connectivity index is 1.46. The summed E-state index contributed by atoms with van der Waals surface area (Å²) in [6, 6.07) is 2.83. The van der Waals surface area contributed by atoms with E-state index in [4.69, 9.17) is 9.15 Å². The summed E-state index contributed by atoms with van der Waals surface area (Å²) in [5, 5.41) is 12.5. The number of rotatable bonds is 3. The zero-order valence-electron chi connectivity index (χ0n) is 13.4. The van der Waals surface area contributed by atoms with E-state index in [1.807, 2.05) is 6.92 Å². The first-order chi connectivity index (χ1) is 11.2. The van der Waals surface area contributed by atoms with Crippen LogP contribution in [0.4, 0.5) is 6.01 Å². The van der Waals surface area contributed by atoms with E-state index in [1.165, 1.54) is 5.56 Å². The summed E-state index contributed by atoms with van der Waals surface area (Å²) in [6.45, 7) is 7.38. The molecule has 7 heteroatoms. The van der Waals surface area contributed by atoms with Gasteiger partial charge in [-0.3, -0.25) is 4.90 Å². The molecule has 1 atom stereocenters. The Morgan fingerprint density at radius 1 is 1.30 bits per heavy atom. The number of ether oxygens (including phenoxy) is 1. The first-order valence-electron chi connectivity index (χ1n) is 8.15. The number of aromatic nitrogens is 2. The van der Waals surface area contributed by atoms with Crippen molar-refractivity contribution in [2.45, 2.75) is 31.9 Å². The zero-order chi connectivity index (χ0) is 15.7. The van der Waals surface area contributed by atoms with Crippen molar-refractivity contribution < 1.29 is 9.15 Å². The monoisotopic (exact) mass is 334 g/mol. The molecule has 0 aliphatic carbocycles. The number of thiophene rings is 1. The van der Waals surface area contributed by atoms with Gasteiger partial charge in [0.25, 0.3) is 0 Å². The van der Waals surface area contributed by atoms with Crippen molar-refractivity contribution in [2.24, 2.45) is 0 Å². The van der Waals surface area contributed by atoms with Crippen LogP contribution in [0.2, 0.25) is 0 Å². The lowest BCUT2D eigenvalue weighted by Gasteiger charge is -2.47. The van der Waals surface area contributed by atoms with Gasteiger partial charge in [-0.2, -0.15) is 11.3 Å². The second kappa shape index (κ2) is 6.22. The van der Waals surface area contributed by atoms with Crippen molar-refractivity contribution in [1.29, 1.82) is 0 Å². The third-order valence-electron chi connectivity index (χ3n) is 4.64. The fourth-order valence-electron chi connectivity index (χ4n) is 3.62. The molecule has 0 N–H and O–H groups in total. The van der Waals surface area contributed by atoms with Crippen molar-refractivity contribution in [3.05, 3.63) is 28.3 Å². The Morgan fingerprint density at radius 3 is 3.04 bits per heavy atom. The minimum Gasteiger partial charge on any atom is -0.408 e. The zero-order valence-corrected chi connectivity index (χ0v) is 14.2. The third kappa shape index (κ3) is 3.27. The van der Waals surface area contributed by atoms with Gasteiger partial charge in [0.2, 0.25) is 5.89 Å². The van der Waals surface area contributed by atoms with Crippen molar-refractivity contribution in [2.75, 3.05) is 37.7 Å². The Kier molecular flexibility index (Phi) is 4.09. The van der Waals surface area contributed by atoms with Gasteiger partial charge < -0.3 is 14.1 Å². The van der Waals surface area contributed by atoms with Crippen molar-refractivity contribution in [3.8, 4) is 0 Å². The van der Waals surface area contributed by atoms with Crippen molar-refractivity contribution in [3.63, 3.8) is 0 Å². The van der Waals surface area contributed by atoms with Crippen LogP contribution in [0.3, 0.4) is 0 Å². The predicted molar refractivity (Wildman–Crippen MR) is 88.8 cm³/mol. The number of morpholine rings is 1. The topological polar surface area (TPSA) is 54.6 Å². The molecule has 0 radical (unpaired) electrons. The molecule has 6 nitrogen and oxygen atoms in total. The Hall–Kier alpha value is -1.44. The van der Waals surface area contributed by atoms with Crippen LogP contribution in [-0.4, -0.2) is 53.5 Å². The van der Waals surface area contributed by atoms with Gasteiger partial charge >= 0.3 is 6.01 Å². The highest BCUT2D eigenvalue weighted by Gasteiger charge is 2.41. The lowest BCUT2D eigenvalue weighted by atomic mass is 9.90. The van der Waals surface area contributed by atoms with E-state index in [0.717, 1.165) is 52.2 Å². The van der Waals surface area contributed by atoms with Gasteiger partial charge in [-0.05, 0) is 35.2 Å². The van der Waals surface area contributed by atoms with Crippen LogP contribution >= 0.6 is 11.3 Å². The molecule has 2 aliphatic heterocycles. The average molecular weight is 334 g/mol. The molecule has 0 aromatic carbocycles. The molecule has 1 spiro atoms. The lowest BCUT2D eigenvalue weighted by molar-refractivity contribution is -0.116. The molecule has 2 aromatic rings. The van der Waals surface area contributed by atoms with E-state index in [9.17, 15) is 0 Å². The summed E-state index contributed by atoms with van der Waals surface area (Å²) >= 11 is 1.76. The first kappa shape index (κ1) is 15.1. The number of aryl methyl sites for hydroxylation is 1. The van der Waals surface area contributed by atoms with Crippen LogP contribution in [0.15, 0.2) is 21.2 Å². The summed E-state index contributed by atoms with van der Waals surface area (Å²) in [5.74, 6) is 0.614. The van der Waals surface area contributed by atoms with Crippen LogP contribution in [0.5, 0.6) is 0 Å². The SMILES string of the molecule is Cc1nnc(N2CCC[C@@]3(CN(Cc4ccsc4)CCO3)C2)o1. The van der Waals surface area contributed by atoms with E-state index < -0.39 is 0 Å². The van der Waals surface area contributed by atoms with Gasteiger partial charge in [-0.25, -0.2) is 0 Å². The Bertz CT molecular complexity index is 640. The van der Waals surface area contributed by atoms with Gasteiger partial charge in [0.1, 0.15) is 0 Å². The minimum atomic E-state index is -0.116. The molecule has 0 saturated carbocycles. The lowest BCUT2D eigenvalue weighted by Crippen LogP contribution is -2.59. The predicted octanol–water partition coefficient (Wildman–Crippen LogP) is 2.31. The third-order valence-corrected chi connectivity index (χ3v) is 5.37. The van der Waals surface area contributed by atoms with E-state index >= 15 is 0 Å². The largest absolute Gasteiger partial charge is 0.408 e. The first-order valence-corrected chi connectivity index (χ1v) is 9.09. The minimum absolute atomic E-state index is 0.116. The van der Waals surface area contributed by atoms with Crippen LogP contribution in [0.25, 0.3) is 0 Å². The highest BCUT2D eigenvalue weighted by molar-refractivity contribution is 7.07. The molecule has 124 valence electrons. The number of hydrogen-bond acceptors (Lipinski definition) is 7. The summed E-state index contributed by atoms with van der Waals surface area (Å²) < 4.78 is 11.8. The Labute approximate surface area is 140 Å². The summed E-state index contributed by atoms with van der Waals surface area (Å²) in [4.78, 5) is 4.69. The van der Waals surface area contributed by atoms with Gasteiger partial charge in [-0.1, -0.05) is 5.10 Å². The maximum Gasteiger partial charge on any atom is 0.318 e. The van der Waals surface area contributed by atoms with Crippen molar-refractivity contribution >= 4 is 17.4 Å². The molecule has 0 bridgehead atoms. The second-order valence-corrected chi connectivity index (χ2v) is 7.28. The molecule has 2 saturated heterocycles. The van der Waals surface area contributed by atoms with E-state index in [-0.39, 0.29) is 5.60 Å². The maximum atomic E-state index is 6.24. The molecule has 2 aromatic heterocycles. The second-order valence-electron chi connectivity index (χ2n) is 6.50. The van der Waals surface area contributed by atoms with E-state index in [1.54, 1.807) is 11.3 Å². The van der Waals surface area contributed by atoms with Crippen LogP contribution in [0, 0.1) is 6.92 Å². The van der Waals surface area contributed by atoms with Gasteiger partial charge in [0.15, 0.2) is 0 Å². The smallest absolute Gasteiger partial charge is 0.318 e. The fourth-order valence-corrected chi connectivity index (χ4v) is 4.28. The molecular weight excluding hydrogens is 312 g/mol. The molecular formula is C16H22N4O2S. The van der Waals surface area contributed by atoms with Crippen LogP contribution in [-0.2, 0) is 11.3 Å². The van der Waals surface area contributed by atoms with E-state index in [2.05, 4.69) is 36.8 Å². The van der Waals surface area contributed by atoms with Crippen LogP contribution in [0.1, 0.15) is 24.3 Å². The highest BCUT2D eigenvalue weighted by Crippen LogP contribution is 2.31. The van der Waals surface area contributed by atoms with Crippen LogP contribution < -0.4 is 4.90 Å². The maximum absolute atomic E-state index is 6.24. The summed E-state index contributed by atoms with van der Waals surface area (Å²) in [7, 11) is 0. The molecule has 4 rings (SSSR count). The fraction of sp³-hybridized carbons (Fsp3) is 0.625. The summed E-state index contributed by atoms with van der Waals surface area (Å²) in [6.07, 6.45) is 2.18. The number of piperidine rings is 1. The highest BCUT2D eigenvalue weighted by atomic mass is 32.1. The molecule has 2 aliphatic rings. The standard InChI is InChI=1S/C16H22N4O2S/c1-13-17-18-15(22-13)20-5-2-4-16(12-20)11-19(6-7-21-16)9-14-3-8-23-10-14/h3,8,10H,2,4-7,9,11-12H2,1H3/t16-/m1/s1. The van der Waals surface area contributed by atoms with E-state index in [0.29, 0.717) is 11.9 Å². The normalized spacial score (nSPS) is 26.0. The quantitative estimate of drug-likeness (QED) is 0.858. The number of hydrogen-bond donors (Lipinski definition) is 0. The van der Waals surface area contributed by atoms with Crippen molar-refractivity contribution in [1.82, 2.24) is 15.1 Å². The molecule has 2 fully saturated rings. The van der Waals surface area contributed by atoms with Gasteiger partial charge in [0.05, 0.1) is 18.8 Å². The molecule has 0 unspecified atom stereocenters. The molecule has 4 heterocycles. The Morgan fingerprint density at radius 2 is 2.26 bits per heavy atom.